The summed E-state index contributed by atoms with van der Waals surface area (Å²) in [5.74, 6) is 1.08. The van der Waals surface area contributed by atoms with Gasteiger partial charge in [-0.05, 0) is 57.5 Å². The molecule has 1 aliphatic heterocycles. The first kappa shape index (κ1) is 22.2. The smallest absolute Gasteiger partial charge is 0.313 e. The van der Waals surface area contributed by atoms with E-state index in [9.17, 15) is 9.18 Å². The van der Waals surface area contributed by atoms with Crippen molar-refractivity contribution in [3.8, 4) is 11.3 Å². The Kier molecular flexibility index (Phi) is 6.41. The molecule has 0 amide bonds. The van der Waals surface area contributed by atoms with Crippen LogP contribution >= 0.6 is 0 Å². The third kappa shape index (κ3) is 4.60. The molecule has 0 saturated carbocycles. The van der Waals surface area contributed by atoms with Crippen LogP contribution in [0.5, 0.6) is 0 Å². The first-order chi connectivity index (χ1) is 15.4. The molecule has 0 bridgehead atoms. The van der Waals surface area contributed by atoms with Gasteiger partial charge < -0.3 is 13.8 Å². The van der Waals surface area contributed by atoms with Crippen molar-refractivity contribution in [2.45, 2.75) is 39.7 Å². The Morgan fingerprint density at radius 2 is 2.09 bits per heavy atom. The predicted octanol–water partition coefficient (Wildman–Crippen LogP) is 3.91. The van der Waals surface area contributed by atoms with Crippen LogP contribution in [0.2, 0.25) is 0 Å². The first-order valence-corrected chi connectivity index (χ1v) is 11.0. The van der Waals surface area contributed by atoms with Crippen LogP contribution in [0.15, 0.2) is 41.1 Å². The fraction of sp³-hybridized carbons (Fsp3) is 0.458. The van der Waals surface area contributed by atoms with Crippen molar-refractivity contribution >= 4 is 5.97 Å². The molecule has 0 N–H and O–H groups in total. The van der Waals surface area contributed by atoms with Crippen molar-refractivity contribution in [1.82, 2.24) is 19.6 Å². The topological polar surface area (TPSA) is 73.4 Å². The normalized spacial score (nSPS) is 19.2. The molecule has 3 heterocycles. The first-order valence-electron chi connectivity index (χ1n) is 11.0. The summed E-state index contributed by atoms with van der Waals surface area (Å²) in [6, 6.07) is 7.94. The zero-order valence-corrected chi connectivity index (χ0v) is 18.8. The lowest BCUT2D eigenvalue weighted by Gasteiger charge is -2.40. The third-order valence-electron chi connectivity index (χ3n) is 6.28. The van der Waals surface area contributed by atoms with Gasteiger partial charge in [0.25, 0.3) is 0 Å². The maximum Gasteiger partial charge on any atom is 0.313 e. The van der Waals surface area contributed by atoms with E-state index in [1.165, 1.54) is 12.1 Å². The molecule has 0 spiro atoms. The number of ether oxygens (including phenoxy) is 1. The Morgan fingerprint density at radius 3 is 2.78 bits per heavy atom. The lowest BCUT2D eigenvalue weighted by Crippen LogP contribution is -2.49. The largest absolute Gasteiger partial charge is 0.466 e. The summed E-state index contributed by atoms with van der Waals surface area (Å²) in [6.45, 7) is 6.33. The Morgan fingerprint density at radius 1 is 1.31 bits per heavy atom. The summed E-state index contributed by atoms with van der Waals surface area (Å²) in [5.41, 5.74) is 1.79. The van der Waals surface area contributed by atoms with Crippen LogP contribution in [0.1, 0.15) is 37.0 Å². The van der Waals surface area contributed by atoms with Crippen LogP contribution in [0.3, 0.4) is 0 Å². The van der Waals surface area contributed by atoms with Gasteiger partial charge in [0, 0.05) is 44.4 Å². The SMILES string of the molecule is CCOC(=O)C1(Cc2cc(-c3ccc(F)cc3)no2)CCCN(Cc2cnc(C)n2C)C1. The Labute approximate surface area is 187 Å². The monoisotopic (exact) mass is 440 g/mol. The minimum atomic E-state index is -0.707. The van der Waals surface area contributed by atoms with Crippen molar-refractivity contribution in [1.29, 1.82) is 0 Å². The van der Waals surface area contributed by atoms with Gasteiger partial charge in [-0.1, -0.05) is 5.16 Å². The van der Waals surface area contributed by atoms with E-state index in [-0.39, 0.29) is 11.8 Å². The van der Waals surface area contributed by atoms with E-state index in [1.54, 1.807) is 12.1 Å². The minimum Gasteiger partial charge on any atom is -0.466 e. The number of piperidine rings is 1. The van der Waals surface area contributed by atoms with E-state index in [1.807, 2.05) is 33.2 Å². The predicted molar refractivity (Wildman–Crippen MR) is 117 cm³/mol. The van der Waals surface area contributed by atoms with E-state index in [4.69, 9.17) is 9.26 Å². The minimum absolute atomic E-state index is 0.203. The molecule has 1 aromatic carbocycles. The quantitative estimate of drug-likeness (QED) is 0.519. The average Bonchev–Trinajstić information content (AvgIpc) is 3.36. The highest BCUT2D eigenvalue weighted by atomic mass is 19.1. The van der Waals surface area contributed by atoms with Crippen molar-refractivity contribution in [2.24, 2.45) is 12.5 Å². The van der Waals surface area contributed by atoms with Gasteiger partial charge in [-0.3, -0.25) is 9.69 Å². The lowest BCUT2D eigenvalue weighted by atomic mass is 9.76. The average molecular weight is 441 g/mol. The molecule has 32 heavy (non-hydrogen) atoms. The number of nitrogens with zero attached hydrogens (tertiary/aromatic N) is 4. The molecule has 1 unspecified atom stereocenters. The number of aromatic nitrogens is 3. The summed E-state index contributed by atoms with van der Waals surface area (Å²) in [4.78, 5) is 19.8. The van der Waals surface area contributed by atoms with Crippen molar-refractivity contribution < 1.29 is 18.4 Å². The lowest BCUT2D eigenvalue weighted by molar-refractivity contribution is -0.159. The third-order valence-corrected chi connectivity index (χ3v) is 6.28. The van der Waals surface area contributed by atoms with Gasteiger partial charge >= 0.3 is 5.97 Å². The highest BCUT2D eigenvalue weighted by Gasteiger charge is 2.44. The fourth-order valence-corrected chi connectivity index (χ4v) is 4.44. The second kappa shape index (κ2) is 9.24. The summed E-state index contributed by atoms with van der Waals surface area (Å²) in [7, 11) is 2.01. The molecule has 1 fully saturated rings. The van der Waals surface area contributed by atoms with Crippen LogP contribution in [-0.2, 0) is 29.5 Å². The van der Waals surface area contributed by atoms with Crippen molar-refractivity contribution in [3.05, 3.63) is 59.6 Å². The van der Waals surface area contributed by atoms with Crippen molar-refractivity contribution in [2.75, 3.05) is 19.7 Å². The van der Waals surface area contributed by atoms with Gasteiger partial charge in [-0.2, -0.15) is 0 Å². The van der Waals surface area contributed by atoms with Crippen LogP contribution in [0, 0.1) is 18.2 Å². The number of aryl methyl sites for hydroxylation is 1. The van der Waals surface area contributed by atoms with E-state index in [0.29, 0.717) is 31.0 Å². The molecule has 0 radical (unpaired) electrons. The van der Waals surface area contributed by atoms with Gasteiger partial charge in [-0.25, -0.2) is 9.37 Å². The Hall–Kier alpha value is -3.00. The van der Waals surface area contributed by atoms with Gasteiger partial charge in [0.2, 0.25) is 0 Å². The molecular formula is C24H29FN4O3. The van der Waals surface area contributed by atoms with Crippen LogP contribution in [0.4, 0.5) is 4.39 Å². The number of halogens is 1. The summed E-state index contributed by atoms with van der Waals surface area (Å²) in [5, 5.41) is 4.14. The highest BCUT2D eigenvalue weighted by Crippen LogP contribution is 2.36. The molecular weight excluding hydrogens is 411 g/mol. The molecule has 8 heteroatoms. The second-order valence-electron chi connectivity index (χ2n) is 8.53. The van der Waals surface area contributed by atoms with E-state index in [2.05, 4.69) is 19.6 Å². The van der Waals surface area contributed by atoms with Crippen molar-refractivity contribution in [3.63, 3.8) is 0 Å². The molecule has 0 aliphatic carbocycles. The Balaban J connectivity index is 1.56. The molecule has 4 rings (SSSR count). The van der Waals surface area contributed by atoms with Gasteiger partial charge in [0.05, 0.1) is 17.7 Å². The number of rotatable bonds is 7. The van der Waals surface area contributed by atoms with Gasteiger partial charge in [0.1, 0.15) is 23.1 Å². The number of benzene rings is 1. The fourth-order valence-electron chi connectivity index (χ4n) is 4.44. The highest BCUT2D eigenvalue weighted by molar-refractivity contribution is 5.77. The van der Waals surface area contributed by atoms with E-state index in [0.717, 1.165) is 43.0 Å². The number of imidazole rings is 1. The summed E-state index contributed by atoms with van der Waals surface area (Å²) in [6.07, 6.45) is 3.90. The molecule has 1 atom stereocenters. The molecule has 3 aromatic rings. The maximum absolute atomic E-state index is 13.2. The number of hydrogen-bond donors (Lipinski definition) is 0. The molecule has 170 valence electrons. The maximum atomic E-state index is 13.2. The van der Waals surface area contributed by atoms with E-state index < -0.39 is 5.41 Å². The number of carbonyl (C=O) groups excluding carboxylic acids is 1. The number of likely N-dealkylation sites (tertiary alicyclic amines) is 1. The van der Waals surface area contributed by atoms with Crippen LogP contribution in [0.25, 0.3) is 11.3 Å². The Bertz CT molecular complexity index is 1080. The number of carbonyl (C=O) groups is 1. The zero-order valence-electron chi connectivity index (χ0n) is 18.8. The summed E-state index contributed by atoms with van der Waals surface area (Å²) < 4.78 is 26.4. The number of esters is 1. The molecule has 1 saturated heterocycles. The van der Waals surface area contributed by atoms with Crippen LogP contribution < -0.4 is 0 Å². The summed E-state index contributed by atoms with van der Waals surface area (Å²) >= 11 is 0. The number of hydrogen-bond acceptors (Lipinski definition) is 6. The standard InChI is InChI=1S/C24H29FN4O3/c1-4-31-23(30)24(10-5-11-29(16-24)15-20-14-26-17(2)28(20)3)13-21-12-22(27-32-21)18-6-8-19(25)9-7-18/h6-9,12,14H,4-5,10-11,13,15-16H2,1-3H3. The second-order valence-corrected chi connectivity index (χ2v) is 8.53. The van der Waals surface area contributed by atoms with E-state index >= 15 is 0 Å². The van der Waals surface area contributed by atoms with Crippen LogP contribution in [-0.4, -0.2) is 45.3 Å². The molecule has 2 aromatic heterocycles. The molecule has 1 aliphatic rings. The molecule has 7 nitrogen and oxygen atoms in total. The van der Waals surface area contributed by atoms with Gasteiger partial charge in [-0.15, -0.1) is 0 Å². The van der Waals surface area contributed by atoms with Gasteiger partial charge in [0.15, 0.2) is 0 Å². The zero-order chi connectivity index (χ0) is 22.7.